The van der Waals surface area contributed by atoms with Crippen molar-refractivity contribution in [2.75, 3.05) is 0 Å². The average Bonchev–Trinajstić information content (AvgIpc) is 2.05. The highest BCUT2D eigenvalue weighted by atomic mass is 32.2. The Morgan fingerprint density at radius 1 is 1.50 bits per heavy atom. The van der Waals surface area contributed by atoms with Gasteiger partial charge in [-0.2, -0.15) is 0 Å². The van der Waals surface area contributed by atoms with Crippen molar-refractivity contribution < 1.29 is 9.66 Å². The Hall–Kier alpha value is -0.160. The molecule has 0 aliphatic rings. The topological polar surface area (TPSA) is 40.5 Å². The normalized spacial score (nSPS) is 13.0. The van der Waals surface area contributed by atoms with E-state index in [1.807, 2.05) is 0 Å². The molecular weight excluding hydrogens is 192 g/mol. The highest BCUT2D eigenvalue weighted by molar-refractivity contribution is 7.93. The molecule has 0 bridgehead atoms. The van der Waals surface area contributed by atoms with Crippen LogP contribution in [-0.2, 0) is 0 Å². The van der Waals surface area contributed by atoms with Gasteiger partial charge in [-0.05, 0) is 30.7 Å². The standard InChI is InChI=1S/C8H10O2S2/c1-5(9)7-4-6(12-10)2-3-8(7)11/h2-5,9-11H,1H3. The van der Waals surface area contributed by atoms with Gasteiger partial charge in [-0.15, -0.1) is 12.6 Å². The Labute approximate surface area is 81.2 Å². The molecule has 0 saturated carbocycles. The van der Waals surface area contributed by atoms with Gasteiger partial charge in [-0.3, -0.25) is 0 Å². The molecule has 0 aliphatic heterocycles. The predicted octanol–water partition coefficient (Wildman–Crippen LogP) is 2.59. The molecule has 1 aromatic carbocycles. The molecule has 0 spiro atoms. The lowest BCUT2D eigenvalue weighted by Crippen LogP contribution is -1.92. The molecule has 1 atom stereocenters. The maximum atomic E-state index is 9.28. The number of aliphatic hydroxyl groups excluding tert-OH is 1. The number of aliphatic hydroxyl groups is 1. The molecular formula is C8H10O2S2. The predicted molar refractivity (Wildman–Crippen MR) is 52.8 cm³/mol. The summed E-state index contributed by atoms with van der Waals surface area (Å²) in [6, 6.07) is 5.22. The third-order valence-corrected chi connectivity index (χ3v) is 2.43. The van der Waals surface area contributed by atoms with Gasteiger partial charge in [0, 0.05) is 21.8 Å². The van der Waals surface area contributed by atoms with Gasteiger partial charge in [0.1, 0.15) is 0 Å². The van der Waals surface area contributed by atoms with Crippen LogP contribution < -0.4 is 0 Å². The van der Waals surface area contributed by atoms with E-state index in [4.69, 9.17) is 4.55 Å². The summed E-state index contributed by atoms with van der Waals surface area (Å²) in [4.78, 5) is 1.45. The maximum Gasteiger partial charge on any atom is 0.0773 e. The Morgan fingerprint density at radius 2 is 2.17 bits per heavy atom. The van der Waals surface area contributed by atoms with Gasteiger partial charge in [-0.1, -0.05) is 0 Å². The largest absolute Gasteiger partial charge is 0.389 e. The summed E-state index contributed by atoms with van der Waals surface area (Å²) in [5, 5.41) is 9.28. The minimum absolute atomic E-state index is 0.551. The quantitative estimate of drug-likeness (QED) is 0.510. The molecule has 0 aromatic heterocycles. The molecule has 0 saturated heterocycles. The smallest absolute Gasteiger partial charge is 0.0773 e. The number of hydrogen-bond donors (Lipinski definition) is 3. The molecule has 66 valence electrons. The van der Waals surface area contributed by atoms with Gasteiger partial charge in [0.15, 0.2) is 0 Å². The van der Waals surface area contributed by atoms with Crippen molar-refractivity contribution >= 4 is 24.7 Å². The van der Waals surface area contributed by atoms with Crippen LogP contribution in [0.5, 0.6) is 0 Å². The fourth-order valence-corrected chi connectivity index (χ4v) is 1.56. The van der Waals surface area contributed by atoms with Crippen molar-refractivity contribution in [2.45, 2.75) is 22.8 Å². The first-order valence-electron chi connectivity index (χ1n) is 3.47. The first-order valence-corrected chi connectivity index (χ1v) is 4.69. The van der Waals surface area contributed by atoms with E-state index in [0.29, 0.717) is 16.9 Å². The third kappa shape index (κ3) is 2.17. The van der Waals surface area contributed by atoms with Crippen LogP contribution in [0.2, 0.25) is 0 Å². The first kappa shape index (κ1) is 9.92. The van der Waals surface area contributed by atoms with Gasteiger partial charge in [0.25, 0.3) is 0 Å². The van der Waals surface area contributed by atoms with Crippen LogP contribution in [0, 0.1) is 0 Å². The number of rotatable bonds is 2. The molecule has 1 aromatic rings. The summed E-state index contributed by atoms with van der Waals surface area (Å²) in [6.07, 6.45) is -0.551. The second kappa shape index (κ2) is 4.18. The van der Waals surface area contributed by atoms with Crippen molar-refractivity contribution in [1.29, 1.82) is 0 Å². The van der Waals surface area contributed by atoms with E-state index in [2.05, 4.69) is 12.6 Å². The van der Waals surface area contributed by atoms with Crippen molar-refractivity contribution in [1.82, 2.24) is 0 Å². The lowest BCUT2D eigenvalue weighted by molar-refractivity contribution is 0.196. The van der Waals surface area contributed by atoms with Crippen LogP contribution in [0.4, 0.5) is 0 Å². The number of benzene rings is 1. The molecule has 0 amide bonds. The Kier molecular flexibility index (Phi) is 3.46. The lowest BCUT2D eigenvalue weighted by Gasteiger charge is -2.08. The number of hydrogen-bond acceptors (Lipinski definition) is 4. The monoisotopic (exact) mass is 202 g/mol. The van der Waals surface area contributed by atoms with Gasteiger partial charge in [-0.25, -0.2) is 0 Å². The minimum Gasteiger partial charge on any atom is -0.389 e. The van der Waals surface area contributed by atoms with Gasteiger partial charge in [0.05, 0.1) is 6.10 Å². The summed E-state index contributed by atoms with van der Waals surface area (Å²) in [5.41, 5.74) is 0.734. The average molecular weight is 202 g/mol. The third-order valence-electron chi connectivity index (χ3n) is 1.55. The first-order chi connectivity index (χ1) is 5.65. The van der Waals surface area contributed by atoms with Gasteiger partial charge < -0.3 is 9.66 Å². The fourth-order valence-electron chi connectivity index (χ4n) is 0.924. The van der Waals surface area contributed by atoms with Crippen molar-refractivity contribution in [3.63, 3.8) is 0 Å². The van der Waals surface area contributed by atoms with Crippen molar-refractivity contribution in [2.24, 2.45) is 0 Å². The molecule has 0 heterocycles. The molecule has 12 heavy (non-hydrogen) atoms. The van der Waals surface area contributed by atoms with Crippen LogP contribution >= 0.6 is 24.7 Å². The zero-order chi connectivity index (χ0) is 9.14. The van der Waals surface area contributed by atoms with Crippen LogP contribution in [-0.4, -0.2) is 9.66 Å². The molecule has 1 rings (SSSR count). The summed E-state index contributed by atoms with van der Waals surface area (Å²) in [6.45, 7) is 1.67. The van der Waals surface area contributed by atoms with Gasteiger partial charge in [0.2, 0.25) is 0 Å². The van der Waals surface area contributed by atoms with E-state index in [1.54, 1.807) is 25.1 Å². The zero-order valence-corrected chi connectivity index (χ0v) is 8.27. The van der Waals surface area contributed by atoms with E-state index in [-0.39, 0.29) is 0 Å². The Morgan fingerprint density at radius 3 is 2.67 bits per heavy atom. The molecule has 2 N–H and O–H groups in total. The molecule has 2 nitrogen and oxygen atoms in total. The van der Waals surface area contributed by atoms with E-state index < -0.39 is 6.10 Å². The lowest BCUT2D eigenvalue weighted by atomic mass is 10.1. The van der Waals surface area contributed by atoms with E-state index in [1.165, 1.54) is 0 Å². The summed E-state index contributed by atoms with van der Waals surface area (Å²) < 4.78 is 8.74. The zero-order valence-electron chi connectivity index (χ0n) is 6.56. The van der Waals surface area contributed by atoms with E-state index >= 15 is 0 Å². The van der Waals surface area contributed by atoms with E-state index in [0.717, 1.165) is 10.5 Å². The maximum absolute atomic E-state index is 9.28. The second-order valence-electron chi connectivity index (χ2n) is 2.49. The number of thiol groups is 1. The molecule has 0 fully saturated rings. The van der Waals surface area contributed by atoms with Gasteiger partial charge >= 0.3 is 0 Å². The Bertz CT molecular complexity index is 274. The second-order valence-corrected chi connectivity index (χ2v) is 3.62. The fraction of sp³-hybridized carbons (Fsp3) is 0.250. The Balaban J connectivity index is 3.08. The SMILES string of the molecule is CC(O)c1cc(SO)ccc1S. The van der Waals surface area contributed by atoms with Crippen molar-refractivity contribution in [3.05, 3.63) is 23.8 Å². The van der Waals surface area contributed by atoms with Crippen LogP contribution in [0.1, 0.15) is 18.6 Å². The summed E-state index contributed by atoms with van der Waals surface area (Å²) in [5.74, 6) is 0. The van der Waals surface area contributed by atoms with Crippen LogP contribution in [0.15, 0.2) is 28.0 Å². The van der Waals surface area contributed by atoms with Crippen LogP contribution in [0.3, 0.4) is 0 Å². The summed E-state index contributed by atoms with van der Waals surface area (Å²) >= 11 is 4.84. The summed E-state index contributed by atoms with van der Waals surface area (Å²) in [7, 11) is 0. The molecule has 4 heteroatoms. The highest BCUT2D eigenvalue weighted by Crippen LogP contribution is 2.25. The minimum atomic E-state index is -0.551. The highest BCUT2D eigenvalue weighted by Gasteiger charge is 2.06. The van der Waals surface area contributed by atoms with Crippen LogP contribution in [0.25, 0.3) is 0 Å². The molecule has 0 radical (unpaired) electrons. The van der Waals surface area contributed by atoms with Crippen molar-refractivity contribution in [3.8, 4) is 0 Å². The molecule has 1 unspecified atom stereocenters. The molecule has 0 aliphatic carbocycles. The van der Waals surface area contributed by atoms with E-state index in [9.17, 15) is 5.11 Å².